The Morgan fingerprint density at radius 1 is 1.25 bits per heavy atom. The molecule has 20 heavy (non-hydrogen) atoms. The molecule has 1 aromatic carbocycles. The van der Waals surface area contributed by atoms with Crippen LogP contribution >= 0.6 is 0 Å². The normalized spacial score (nSPS) is 18.1. The molecular weight excluding hydrogens is 274 g/mol. The van der Waals surface area contributed by atoms with Crippen LogP contribution in [0.15, 0.2) is 24.3 Å². The van der Waals surface area contributed by atoms with Crippen LogP contribution < -0.4 is 10.5 Å². The molecule has 1 aromatic rings. The minimum atomic E-state index is -3.08. The summed E-state index contributed by atoms with van der Waals surface area (Å²) in [7, 11) is -3.08. The SMILES string of the molecule is CCOc1ccc(C(N)CS(=O)(=O)C2CCCC2)cc1. The molecule has 1 aliphatic carbocycles. The number of hydrogen-bond acceptors (Lipinski definition) is 4. The summed E-state index contributed by atoms with van der Waals surface area (Å²) in [5.41, 5.74) is 6.90. The minimum absolute atomic E-state index is 0.0334. The second-order valence-corrected chi connectivity index (χ2v) is 7.67. The molecule has 112 valence electrons. The first-order chi connectivity index (χ1) is 9.53. The minimum Gasteiger partial charge on any atom is -0.494 e. The van der Waals surface area contributed by atoms with Crippen molar-refractivity contribution in [3.63, 3.8) is 0 Å². The highest BCUT2D eigenvalue weighted by Gasteiger charge is 2.30. The molecule has 0 amide bonds. The number of benzene rings is 1. The van der Waals surface area contributed by atoms with Crippen molar-refractivity contribution in [3.8, 4) is 5.75 Å². The van der Waals surface area contributed by atoms with Crippen molar-refractivity contribution in [1.29, 1.82) is 0 Å². The summed E-state index contributed by atoms with van der Waals surface area (Å²) in [6.45, 7) is 2.54. The summed E-state index contributed by atoms with van der Waals surface area (Å²) in [6, 6.07) is 6.90. The van der Waals surface area contributed by atoms with Crippen LogP contribution in [0.4, 0.5) is 0 Å². The third-order valence-corrected chi connectivity index (χ3v) is 6.15. The Bertz CT molecular complexity index is 519. The average Bonchev–Trinajstić information content (AvgIpc) is 2.94. The second kappa shape index (κ2) is 6.59. The van der Waals surface area contributed by atoms with E-state index in [4.69, 9.17) is 10.5 Å². The predicted molar refractivity (Wildman–Crippen MR) is 80.6 cm³/mol. The van der Waals surface area contributed by atoms with E-state index in [1.165, 1.54) is 0 Å². The molecule has 1 fully saturated rings. The van der Waals surface area contributed by atoms with E-state index in [9.17, 15) is 8.42 Å². The number of rotatable bonds is 6. The van der Waals surface area contributed by atoms with E-state index in [0.717, 1.165) is 37.0 Å². The van der Waals surface area contributed by atoms with Crippen molar-refractivity contribution in [3.05, 3.63) is 29.8 Å². The maximum absolute atomic E-state index is 12.3. The first-order valence-corrected chi connectivity index (χ1v) is 8.94. The zero-order chi connectivity index (χ0) is 14.6. The highest BCUT2D eigenvalue weighted by Crippen LogP contribution is 2.27. The molecule has 2 N–H and O–H groups in total. The molecule has 0 radical (unpaired) electrons. The molecule has 2 rings (SSSR count). The fraction of sp³-hybridized carbons (Fsp3) is 0.600. The van der Waals surface area contributed by atoms with Crippen LogP contribution in [0.2, 0.25) is 0 Å². The van der Waals surface area contributed by atoms with Gasteiger partial charge in [0.1, 0.15) is 5.75 Å². The van der Waals surface area contributed by atoms with Gasteiger partial charge < -0.3 is 10.5 Å². The monoisotopic (exact) mass is 297 g/mol. The third kappa shape index (κ3) is 3.73. The second-order valence-electron chi connectivity index (χ2n) is 5.34. The molecule has 0 saturated heterocycles. The fourth-order valence-corrected chi connectivity index (χ4v) is 4.72. The van der Waals surface area contributed by atoms with Gasteiger partial charge in [-0.3, -0.25) is 0 Å². The molecule has 0 heterocycles. The summed E-state index contributed by atoms with van der Waals surface area (Å²) in [6.07, 6.45) is 3.61. The van der Waals surface area contributed by atoms with Crippen molar-refractivity contribution >= 4 is 9.84 Å². The number of hydrogen-bond donors (Lipinski definition) is 1. The molecule has 1 aliphatic rings. The first-order valence-electron chi connectivity index (χ1n) is 7.23. The lowest BCUT2D eigenvalue weighted by Crippen LogP contribution is -2.28. The van der Waals surface area contributed by atoms with Gasteiger partial charge in [0.05, 0.1) is 17.6 Å². The Hall–Kier alpha value is -1.07. The van der Waals surface area contributed by atoms with Crippen LogP contribution in [0.5, 0.6) is 5.75 Å². The topological polar surface area (TPSA) is 69.4 Å². The number of sulfone groups is 1. The van der Waals surface area contributed by atoms with E-state index < -0.39 is 15.9 Å². The molecule has 1 atom stereocenters. The Morgan fingerprint density at radius 2 is 1.85 bits per heavy atom. The maximum Gasteiger partial charge on any atom is 0.155 e. The van der Waals surface area contributed by atoms with Gasteiger partial charge in [-0.1, -0.05) is 25.0 Å². The van der Waals surface area contributed by atoms with Gasteiger partial charge >= 0.3 is 0 Å². The quantitative estimate of drug-likeness (QED) is 0.875. The third-order valence-electron chi connectivity index (χ3n) is 3.84. The molecule has 1 saturated carbocycles. The molecule has 1 unspecified atom stereocenters. The van der Waals surface area contributed by atoms with Crippen molar-refractivity contribution in [1.82, 2.24) is 0 Å². The smallest absolute Gasteiger partial charge is 0.155 e. The van der Waals surface area contributed by atoms with Crippen molar-refractivity contribution < 1.29 is 13.2 Å². The highest BCUT2D eigenvalue weighted by molar-refractivity contribution is 7.92. The summed E-state index contributed by atoms with van der Waals surface area (Å²) in [5.74, 6) is 0.813. The van der Waals surface area contributed by atoms with E-state index in [1.54, 1.807) is 0 Å². The lowest BCUT2D eigenvalue weighted by atomic mass is 10.1. The van der Waals surface area contributed by atoms with E-state index in [-0.39, 0.29) is 11.0 Å². The Labute approximate surface area is 121 Å². The highest BCUT2D eigenvalue weighted by atomic mass is 32.2. The molecule has 0 aromatic heterocycles. The summed E-state index contributed by atoms with van der Waals surface area (Å²) >= 11 is 0. The van der Waals surface area contributed by atoms with Crippen LogP contribution in [0.25, 0.3) is 0 Å². The molecule has 5 heteroatoms. The number of nitrogens with two attached hydrogens (primary N) is 1. The summed E-state index contributed by atoms with van der Waals surface area (Å²) in [5, 5.41) is -0.184. The zero-order valence-corrected chi connectivity index (χ0v) is 12.7. The van der Waals surface area contributed by atoms with Crippen LogP contribution in [0, 0.1) is 0 Å². The van der Waals surface area contributed by atoms with Gasteiger partial charge in [0.15, 0.2) is 9.84 Å². The number of ether oxygens (including phenoxy) is 1. The first kappa shape index (κ1) is 15.3. The Balaban J connectivity index is 2.01. The molecular formula is C15H23NO3S. The van der Waals surface area contributed by atoms with E-state index in [2.05, 4.69) is 0 Å². The van der Waals surface area contributed by atoms with Gasteiger partial charge in [0.2, 0.25) is 0 Å². The van der Waals surface area contributed by atoms with Gasteiger partial charge in [-0.05, 0) is 37.5 Å². The zero-order valence-electron chi connectivity index (χ0n) is 11.9. The van der Waals surface area contributed by atoms with Crippen molar-refractivity contribution in [2.45, 2.75) is 43.9 Å². The van der Waals surface area contributed by atoms with Gasteiger partial charge in [-0.2, -0.15) is 0 Å². The fourth-order valence-electron chi connectivity index (χ4n) is 2.71. The Kier molecular flexibility index (Phi) is 5.05. The van der Waals surface area contributed by atoms with Gasteiger partial charge in [0, 0.05) is 6.04 Å². The van der Waals surface area contributed by atoms with Crippen molar-refractivity contribution in [2.24, 2.45) is 5.73 Å². The van der Waals surface area contributed by atoms with Crippen LogP contribution in [-0.2, 0) is 9.84 Å². The lowest BCUT2D eigenvalue weighted by molar-refractivity contribution is 0.340. The molecule has 0 bridgehead atoms. The largest absolute Gasteiger partial charge is 0.494 e. The predicted octanol–water partition coefficient (Wildman–Crippen LogP) is 2.44. The average molecular weight is 297 g/mol. The maximum atomic E-state index is 12.3. The van der Waals surface area contributed by atoms with Crippen LogP contribution in [-0.4, -0.2) is 26.0 Å². The summed E-state index contributed by atoms with van der Waals surface area (Å²) < 4.78 is 29.9. The van der Waals surface area contributed by atoms with E-state index >= 15 is 0 Å². The van der Waals surface area contributed by atoms with Crippen molar-refractivity contribution in [2.75, 3.05) is 12.4 Å². The standard InChI is InChI=1S/C15H23NO3S/c1-2-19-13-9-7-12(8-10-13)15(16)11-20(17,18)14-5-3-4-6-14/h7-10,14-15H,2-6,11,16H2,1H3. The van der Waals surface area contributed by atoms with Crippen LogP contribution in [0.3, 0.4) is 0 Å². The molecule has 0 aliphatic heterocycles. The van der Waals surface area contributed by atoms with Crippen LogP contribution in [0.1, 0.15) is 44.2 Å². The van der Waals surface area contributed by atoms with E-state index in [0.29, 0.717) is 6.61 Å². The van der Waals surface area contributed by atoms with Gasteiger partial charge in [-0.25, -0.2) is 8.42 Å². The molecule has 0 spiro atoms. The Morgan fingerprint density at radius 3 is 2.40 bits per heavy atom. The van der Waals surface area contributed by atoms with E-state index in [1.807, 2.05) is 31.2 Å². The summed E-state index contributed by atoms with van der Waals surface area (Å²) in [4.78, 5) is 0. The molecule has 4 nitrogen and oxygen atoms in total. The lowest BCUT2D eigenvalue weighted by Gasteiger charge is -2.16. The van der Waals surface area contributed by atoms with Gasteiger partial charge in [0.25, 0.3) is 0 Å². The van der Waals surface area contributed by atoms with Gasteiger partial charge in [-0.15, -0.1) is 0 Å².